The minimum Gasteiger partial charge on any atom is -0.444 e. The summed E-state index contributed by atoms with van der Waals surface area (Å²) < 4.78 is 51.7. The van der Waals surface area contributed by atoms with Gasteiger partial charge in [-0.25, -0.2) is 19.4 Å². The van der Waals surface area contributed by atoms with Gasteiger partial charge in [0.2, 0.25) is 0 Å². The highest BCUT2D eigenvalue weighted by Gasteiger charge is 2.40. The van der Waals surface area contributed by atoms with Crippen LogP contribution in [0.1, 0.15) is 37.9 Å². The largest absolute Gasteiger partial charge is 0.444 e. The van der Waals surface area contributed by atoms with E-state index in [0.717, 1.165) is 12.1 Å². The van der Waals surface area contributed by atoms with Gasteiger partial charge in [0.05, 0.1) is 42.8 Å². The smallest absolute Gasteiger partial charge is 0.416 e. The van der Waals surface area contributed by atoms with Crippen LogP contribution in [-0.4, -0.2) is 60.7 Å². The molecule has 1 fully saturated rings. The van der Waals surface area contributed by atoms with Crippen LogP contribution in [0.25, 0.3) is 11.4 Å². The van der Waals surface area contributed by atoms with Crippen molar-refractivity contribution >= 4 is 6.09 Å². The predicted octanol–water partition coefficient (Wildman–Crippen LogP) is 4.13. The van der Waals surface area contributed by atoms with Gasteiger partial charge in [-0.05, 0) is 44.5 Å². The van der Waals surface area contributed by atoms with Crippen molar-refractivity contribution in [3.05, 3.63) is 60.2 Å². The molecule has 3 aromatic rings. The molecule has 9 nitrogen and oxygen atoms in total. The Morgan fingerprint density at radius 2 is 1.83 bits per heavy atom. The fourth-order valence-corrected chi connectivity index (χ4v) is 3.64. The van der Waals surface area contributed by atoms with Crippen LogP contribution in [0, 0.1) is 0 Å². The number of amides is 1. The van der Waals surface area contributed by atoms with Gasteiger partial charge >= 0.3 is 12.3 Å². The van der Waals surface area contributed by atoms with E-state index in [2.05, 4.69) is 20.3 Å². The van der Waals surface area contributed by atoms with Gasteiger partial charge in [-0.3, -0.25) is 0 Å². The molecule has 3 heterocycles. The molecule has 2 aromatic heterocycles. The summed E-state index contributed by atoms with van der Waals surface area (Å²) in [6.45, 7) is 5.89. The molecule has 35 heavy (non-hydrogen) atoms. The van der Waals surface area contributed by atoms with Gasteiger partial charge in [0.1, 0.15) is 17.6 Å². The fraction of sp³-hybridized carbons (Fsp3) is 0.435. The van der Waals surface area contributed by atoms with E-state index in [4.69, 9.17) is 9.47 Å². The fourth-order valence-electron chi connectivity index (χ4n) is 3.64. The average Bonchev–Trinajstić information content (AvgIpc) is 3.44. The molecule has 2 atom stereocenters. The highest BCUT2D eigenvalue weighted by Crippen LogP contribution is 2.30. The van der Waals surface area contributed by atoms with E-state index in [0.29, 0.717) is 17.0 Å². The van der Waals surface area contributed by atoms with Crippen LogP contribution in [-0.2, 0) is 22.3 Å². The molecule has 1 aliphatic heterocycles. The van der Waals surface area contributed by atoms with Crippen molar-refractivity contribution in [2.75, 3.05) is 13.1 Å². The standard InChI is InChI=1S/C23H25F3N6O3/c1-22(2,3)35-21(33)31-11-19(32-10-18(29-30-32)17-8-9-27-14-28-17)20(12-31)34-13-15-4-6-16(7-5-15)23(24,25)26/h4-10,14,19-20H,11-13H2,1-3H3. The second-order valence-corrected chi connectivity index (χ2v) is 9.18. The first-order valence-corrected chi connectivity index (χ1v) is 10.9. The maximum Gasteiger partial charge on any atom is 0.416 e. The lowest BCUT2D eigenvalue weighted by Gasteiger charge is -2.24. The van der Waals surface area contributed by atoms with E-state index in [1.165, 1.54) is 23.4 Å². The molecule has 1 aromatic carbocycles. The van der Waals surface area contributed by atoms with Gasteiger partial charge in [-0.1, -0.05) is 17.3 Å². The number of aromatic nitrogens is 5. The van der Waals surface area contributed by atoms with E-state index in [1.54, 1.807) is 43.9 Å². The molecule has 0 spiro atoms. The van der Waals surface area contributed by atoms with E-state index in [9.17, 15) is 18.0 Å². The van der Waals surface area contributed by atoms with Crippen molar-refractivity contribution in [3.63, 3.8) is 0 Å². The molecule has 0 radical (unpaired) electrons. The lowest BCUT2D eigenvalue weighted by Crippen LogP contribution is -2.36. The Labute approximate surface area is 199 Å². The highest BCUT2D eigenvalue weighted by molar-refractivity contribution is 5.68. The molecule has 12 heteroatoms. The predicted molar refractivity (Wildman–Crippen MR) is 118 cm³/mol. The molecule has 0 aliphatic carbocycles. The van der Waals surface area contributed by atoms with Crippen LogP contribution in [0.2, 0.25) is 0 Å². The number of ether oxygens (including phenoxy) is 2. The Bertz CT molecular complexity index is 1150. The van der Waals surface area contributed by atoms with Gasteiger partial charge in [0, 0.05) is 12.7 Å². The highest BCUT2D eigenvalue weighted by atomic mass is 19.4. The quantitative estimate of drug-likeness (QED) is 0.531. The number of hydrogen-bond acceptors (Lipinski definition) is 7. The van der Waals surface area contributed by atoms with Crippen LogP contribution in [0.15, 0.2) is 49.1 Å². The van der Waals surface area contributed by atoms with E-state index in [1.807, 2.05) is 0 Å². The summed E-state index contributed by atoms with van der Waals surface area (Å²) in [7, 11) is 0. The molecule has 1 amide bonds. The number of nitrogens with zero attached hydrogens (tertiary/aromatic N) is 6. The molecule has 0 bridgehead atoms. The lowest BCUT2D eigenvalue weighted by atomic mass is 10.1. The first-order valence-electron chi connectivity index (χ1n) is 10.9. The average molecular weight is 490 g/mol. The number of carbonyl (C=O) groups excluding carboxylic acids is 1. The number of halogens is 3. The monoisotopic (exact) mass is 490 g/mol. The van der Waals surface area contributed by atoms with Gasteiger partial charge in [0.25, 0.3) is 0 Å². The Morgan fingerprint density at radius 1 is 1.09 bits per heavy atom. The first kappa shape index (κ1) is 24.6. The topological polar surface area (TPSA) is 95.3 Å². The summed E-state index contributed by atoms with van der Waals surface area (Å²) in [5.74, 6) is 0. The number of hydrogen-bond donors (Lipinski definition) is 0. The lowest BCUT2D eigenvalue weighted by molar-refractivity contribution is -0.137. The number of benzene rings is 1. The van der Waals surface area contributed by atoms with Crippen molar-refractivity contribution in [1.82, 2.24) is 29.9 Å². The number of likely N-dealkylation sites (tertiary alicyclic amines) is 1. The van der Waals surface area contributed by atoms with Crippen LogP contribution in [0.3, 0.4) is 0 Å². The van der Waals surface area contributed by atoms with Crippen molar-refractivity contribution in [3.8, 4) is 11.4 Å². The van der Waals surface area contributed by atoms with Crippen LogP contribution < -0.4 is 0 Å². The minimum atomic E-state index is -4.40. The van der Waals surface area contributed by atoms with Gasteiger partial charge < -0.3 is 14.4 Å². The molecule has 4 rings (SSSR count). The van der Waals surface area contributed by atoms with Crippen molar-refractivity contribution in [2.45, 2.75) is 51.3 Å². The van der Waals surface area contributed by atoms with Crippen molar-refractivity contribution < 1.29 is 27.4 Å². The van der Waals surface area contributed by atoms with E-state index < -0.39 is 29.5 Å². The first-order chi connectivity index (χ1) is 16.5. The number of carbonyl (C=O) groups is 1. The van der Waals surface area contributed by atoms with Gasteiger partial charge in [-0.2, -0.15) is 13.2 Å². The zero-order valence-electron chi connectivity index (χ0n) is 19.4. The zero-order valence-corrected chi connectivity index (χ0v) is 19.4. The molecule has 1 aliphatic rings. The van der Waals surface area contributed by atoms with E-state index in [-0.39, 0.29) is 25.7 Å². The van der Waals surface area contributed by atoms with Crippen molar-refractivity contribution in [1.29, 1.82) is 0 Å². The Kier molecular flexibility index (Phi) is 6.75. The van der Waals surface area contributed by atoms with Crippen molar-refractivity contribution in [2.24, 2.45) is 0 Å². The maximum absolute atomic E-state index is 12.8. The second kappa shape index (κ2) is 9.61. The molecule has 0 saturated carbocycles. The summed E-state index contributed by atoms with van der Waals surface area (Å²) >= 11 is 0. The summed E-state index contributed by atoms with van der Waals surface area (Å²) in [5, 5.41) is 8.38. The Morgan fingerprint density at radius 3 is 2.46 bits per heavy atom. The third-order valence-electron chi connectivity index (χ3n) is 5.33. The van der Waals surface area contributed by atoms with Gasteiger partial charge in [-0.15, -0.1) is 5.10 Å². The summed E-state index contributed by atoms with van der Waals surface area (Å²) in [5.41, 5.74) is 0.308. The molecule has 1 saturated heterocycles. The summed E-state index contributed by atoms with van der Waals surface area (Å²) in [6, 6.07) is 6.10. The minimum absolute atomic E-state index is 0.0644. The summed E-state index contributed by atoms with van der Waals surface area (Å²) in [4.78, 5) is 22.3. The maximum atomic E-state index is 12.8. The third kappa shape index (κ3) is 6.13. The molecular formula is C23H25F3N6O3. The normalized spacial score (nSPS) is 18.6. The van der Waals surface area contributed by atoms with Crippen LogP contribution in [0.5, 0.6) is 0 Å². The molecule has 186 valence electrons. The van der Waals surface area contributed by atoms with Crippen LogP contribution in [0.4, 0.5) is 18.0 Å². The SMILES string of the molecule is CC(C)(C)OC(=O)N1CC(OCc2ccc(C(F)(F)F)cc2)C(n2cc(-c3ccncn3)nn2)C1. The molecular weight excluding hydrogens is 465 g/mol. The Hall–Kier alpha value is -3.54. The number of rotatable bonds is 5. The second-order valence-electron chi connectivity index (χ2n) is 9.18. The molecule has 2 unspecified atom stereocenters. The summed E-state index contributed by atoms with van der Waals surface area (Å²) in [6.07, 6.45) is -0.677. The molecule has 0 N–H and O–H groups in total. The third-order valence-corrected chi connectivity index (χ3v) is 5.33. The van der Waals surface area contributed by atoms with E-state index >= 15 is 0 Å². The Balaban J connectivity index is 1.51. The number of alkyl halides is 3. The van der Waals surface area contributed by atoms with Gasteiger partial charge in [0.15, 0.2) is 0 Å². The van der Waals surface area contributed by atoms with Crippen LogP contribution >= 0.6 is 0 Å². The zero-order chi connectivity index (χ0) is 25.2.